The van der Waals surface area contributed by atoms with Crippen LogP contribution in [-0.4, -0.2) is 46.1 Å². The molecule has 3 heterocycles. The fraction of sp³-hybridized carbons (Fsp3) is 0.545. The number of hydrogen-bond acceptors (Lipinski definition) is 5. The number of nitrogens with zero attached hydrogens (tertiary/aromatic N) is 5. The van der Waals surface area contributed by atoms with Crippen molar-refractivity contribution >= 4 is 28.6 Å². The summed E-state index contributed by atoms with van der Waals surface area (Å²) in [5.41, 5.74) is 2.47. The summed E-state index contributed by atoms with van der Waals surface area (Å²) in [5, 5.41) is 4.77. The molecule has 6 nitrogen and oxygen atoms in total. The van der Waals surface area contributed by atoms with Gasteiger partial charge in [0.1, 0.15) is 11.0 Å². The molecule has 7 heteroatoms. The number of aromatic nitrogens is 4. The van der Waals surface area contributed by atoms with Gasteiger partial charge < -0.3 is 9.64 Å². The average molecular weight is 268 g/mol. The van der Waals surface area contributed by atoms with Crippen LogP contribution in [0, 0.1) is 6.92 Å². The molecule has 0 radical (unpaired) electrons. The molecule has 1 fully saturated rings. The Labute approximate surface area is 110 Å². The van der Waals surface area contributed by atoms with Crippen LogP contribution in [0.1, 0.15) is 5.69 Å². The van der Waals surface area contributed by atoms with Gasteiger partial charge >= 0.3 is 0 Å². The van der Waals surface area contributed by atoms with Gasteiger partial charge in [0, 0.05) is 20.1 Å². The fourth-order valence-corrected chi connectivity index (χ4v) is 2.47. The Morgan fingerprint density at radius 2 is 1.94 bits per heavy atom. The predicted molar refractivity (Wildman–Crippen MR) is 69.1 cm³/mol. The minimum atomic E-state index is 0.449. The first kappa shape index (κ1) is 11.7. The van der Waals surface area contributed by atoms with Gasteiger partial charge in [-0.1, -0.05) is 11.6 Å². The summed E-state index contributed by atoms with van der Waals surface area (Å²) in [4.78, 5) is 11.0. The molecule has 1 aliphatic heterocycles. The Bertz CT molecular complexity index is 591. The maximum atomic E-state index is 6.23. The minimum absolute atomic E-state index is 0.449. The van der Waals surface area contributed by atoms with E-state index < -0.39 is 0 Å². The van der Waals surface area contributed by atoms with Crippen LogP contribution < -0.4 is 4.90 Å². The third-order valence-corrected chi connectivity index (χ3v) is 3.35. The second kappa shape index (κ2) is 4.37. The van der Waals surface area contributed by atoms with Crippen molar-refractivity contribution in [1.82, 2.24) is 19.7 Å². The van der Waals surface area contributed by atoms with E-state index in [-0.39, 0.29) is 0 Å². The van der Waals surface area contributed by atoms with Gasteiger partial charge in [0.15, 0.2) is 5.15 Å². The lowest BCUT2D eigenvalue weighted by molar-refractivity contribution is 0.122. The predicted octanol–water partition coefficient (Wildman–Crippen LogP) is 1.16. The first-order chi connectivity index (χ1) is 8.66. The van der Waals surface area contributed by atoms with Gasteiger partial charge in [0.2, 0.25) is 5.95 Å². The highest BCUT2D eigenvalue weighted by Crippen LogP contribution is 2.25. The molecular weight excluding hydrogens is 254 g/mol. The number of morpholine rings is 1. The van der Waals surface area contributed by atoms with E-state index in [0.29, 0.717) is 24.3 Å². The number of hydrogen-bond donors (Lipinski definition) is 0. The Balaban J connectivity index is 2.11. The standard InChI is InChI=1S/C11H14ClN5O/c1-7-8-9(16(2)15-7)10(12)14-11(13-8)17-3-5-18-6-4-17/h3-6H2,1-2H3. The summed E-state index contributed by atoms with van der Waals surface area (Å²) in [5.74, 6) is 0.659. The number of aryl methyl sites for hydroxylation is 2. The smallest absolute Gasteiger partial charge is 0.227 e. The van der Waals surface area contributed by atoms with E-state index >= 15 is 0 Å². The van der Waals surface area contributed by atoms with Gasteiger partial charge in [-0.3, -0.25) is 4.68 Å². The molecule has 0 bridgehead atoms. The highest BCUT2D eigenvalue weighted by Gasteiger charge is 2.18. The van der Waals surface area contributed by atoms with Crippen molar-refractivity contribution in [1.29, 1.82) is 0 Å². The van der Waals surface area contributed by atoms with Crippen molar-refractivity contribution in [3.63, 3.8) is 0 Å². The topological polar surface area (TPSA) is 56.1 Å². The lowest BCUT2D eigenvalue weighted by Gasteiger charge is -2.26. The molecule has 0 N–H and O–H groups in total. The molecule has 0 atom stereocenters. The summed E-state index contributed by atoms with van der Waals surface area (Å²) in [7, 11) is 1.85. The first-order valence-corrected chi connectivity index (χ1v) is 6.24. The monoisotopic (exact) mass is 267 g/mol. The largest absolute Gasteiger partial charge is 0.378 e. The van der Waals surface area contributed by atoms with Gasteiger partial charge in [-0.05, 0) is 6.92 Å². The van der Waals surface area contributed by atoms with Crippen molar-refractivity contribution in [3.8, 4) is 0 Å². The average Bonchev–Trinajstić information content (AvgIpc) is 2.66. The van der Waals surface area contributed by atoms with E-state index in [1.807, 2.05) is 14.0 Å². The summed E-state index contributed by atoms with van der Waals surface area (Å²) >= 11 is 6.23. The van der Waals surface area contributed by atoms with Gasteiger partial charge in [0.25, 0.3) is 0 Å². The van der Waals surface area contributed by atoms with E-state index in [0.717, 1.165) is 29.8 Å². The third-order valence-electron chi connectivity index (χ3n) is 3.09. The van der Waals surface area contributed by atoms with E-state index in [1.165, 1.54) is 0 Å². The molecule has 1 aliphatic rings. The van der Waals surface area contributed by atoms with Gasteiger partial charge in [-0.15, -0.1) is 0 Å². The van der Waals surface area contributed by atoms with Crippen LogP contribution in [0.2, 0.25) is 5.15 Å². The molecule has 2 aromatic heterocycles. The van der Waals surface area contributed by atoms with Crippen LogP contribution in [0.3, 0.4) is 0 Å². The quantitative estimate of drug-likeness (QED) is 0.726. The van der Waals surface area contributed by atoms with Crippen molar-refractivity contribution in [3.05, 3.63) is 10.8 Å². The first-order valence-electron chi connectivity index (χ1n) is 5.86. The van der Waals surface area contributed by atoms with Gasteiger partial charge in [-0.25, -0.2) is 4.98 Å². The van der Waals surface area contributed by atoms with Crippen LogP contribution in [0.4, 0.5) is 5.95 Å². The molecule has 0 amide bonds. The number of halogens is 1. The van der Waals surface area contributed by atoms with E-state index in [4.69, 9.17) is 16.3 Å². The van der Waals surface area contributed by atoms with Crippen LogP contribution in [-0.2, 0) is 11.8 Å². The van der Waals surface area contributed by atoms with Gasteiger partial charge in [0.05, 0.1) is 18.9 Å². The third kappa shape index (κ3) is 1.81. The highest BCUT2D eigenvalue weighted by molar-refractivity contribution is 6.33. The van der Waals surface area contributed by atoms with Crippen LogP contribution in [0.25, 0.3) is 11.0 Å². The van der Waals surface area contributed by atoms with Crippen LogP contribution in [0.15, 0.2) is 0 Å². The molecule has 3 rings (SSSR count). The lowest BCUT2D eigenvalue weighted by atomic mass is 10.3. The lowest BCUT2D eigenvalue weighted by Crippen LogP contribution is -2.37. The minimum Gasteiger partial charge on any atom is -0.378 e. The zero-order chi connectivity index (χ0) is 12.7. The molecule has 0 aliphatic carbocycles. The maximum Gasteiger partial charge on any atom is 0.227 e. The molecule has 2 aromatic rings. The van der Waals surface area contributed by atoms with E-state index in [1.54, 1.807) is 4.68 Å². The molecular formula is C11H14ClN5O. The summed E-state index contributed by atoms with van der Waals surface area (Å²) < 4.78 is 7.04. The van der Waals surface area contributed by atoms with Crippen LogP contribution >= 0.6 is 11.6 Å². The summed E-state index contributed by atoms with van der Waals surface area (Å²) in [6, 6.07) is 0. The van der Waals surface area contributed by atoms with Gasteiger partial charge in [-0.2, -0.15) is 10.1 Å². The van der Waals surface area contributed by atoms with Crippen molar-refractivity contribution in [2.24, 2.45) is 7.05 Å². The number of rotatable bonds is 1. The normalized spacial score (nSPS) is 16.5. The molecule has 18 heavy (non-hydrogen) atoms. The van der Waals surface area contributed by atoms with E-state index in [2.05, 4.69) is 20.0 Å². The van der Waals surface area contributed by atoms with E-state index in [9.17, 15) is 0 Å². The van der Waals surface area contributed by atoms with Crippen molar-refractivity contribution < 1.29 is 4.74 Å². The molecule has 0 unspecified atom stereocenters. The molecule has 0 saturated carbocycles. The van der Waals surface area contributed by atoms with Crippen molar-refractivity contribution in [2.45, 2.75) is 6.92 Å². The van der Waals surface area contributed by atoms with Crippen molar-refractivity contribution in [2.75, 3.05) is 31.2 Å². The molecule has 0 spiro atoms. The summed E-state index contributed by atoms with van der Waals surface area (Å²) in [6.45, 7) is 4.91. The zero-order valence-electron chi connectivity index (χ0n) is 10.4. The van der Waals surface area contributed by atoms with Crippen LogP contribution in [0.5, 0.6) is 0 Å². The second-order valence-corrected chi connectivity index (χ2v) is 4.68. The molecule has 96 valence electrons. The number of fused-ring (bicyclic) bond motifs is 1. The second-order valence-electron chi connectivity index (χ2n) is 4.32. The SMILES string of the molecule is Cc1nn(C)c2c(Cl)nc(N3CCOCC3)nc12. The maximum absolute atomic E-state index is 6.23. The number of ether oxygens (including phenoxy) is 1. The highest BCUT2D eigenvalue weighted by atomic mass is 35.5. The Hall–Kier alpha value is -1.40. The Kier molecular flexibility index (Phi) is 2.83. The molecule has 1 saturated heterocycles. The fourth-order valence-electron chi connectivity index (χ4n) is 2.18. The Morgan fingerprint density at radius 3 is 2.67 bits per heavy atom. The summed E-state index contributed by atoms with van der Waals surface area (Å²) in [6.07, 6.45) is 0. The Morgan fingerprint density at radius 1 is 1.22 bits per heavy atom. The molecule has 0 aromatic carbocycles. The zero-order valence-corrected chi connectivity index (χ0v) is 11.1. The number of anilines is 1.